The van der Waals surface area contributed by atoms with E-state index in [2.05, 4.69) is 22.7 Å². The predicted molar refractivity (Wildman–Crippen MR) is 78.0 cm³/mol. The van der Waals surface area contributed by atoms with E-state index in [0.717, 1.165) is 32.4 Å². The number of anilines is 1. The molecule has 1 fully saturated rings. The third kappa shape index (κ3) is 2.92. The highest BCUT2D eigenvalue weighted by Crippen LogP contribution is 2.33. The van der Waals surface area contributed by atoms with Gasteiger partial charge in [-0.25, -0.2) is 4.68 Å². The minimum absolute atomic E-state index is 0.109. The molecule has 1 aromatic rings. The lowest BCUT2D eigenvalue weighted by Crippen LogP contribution is -2.45. The van der Waals surface area contributed by atoms with Gasteiger partial charge in [0.2, 0.25) is 5.82 Å². The molecular formula is C13H23N5O2. The maximum atomic E-state index is 11.3. The topological polar surface area (TPSA) is 85.0 Å². The van der Waals surface area contributed by atoms with Gasteiger partial charge in [0.1, 0.15) is 5.69 Å². The van der Waals surface area contributed by atoms with Gasteiger partial charge in [-0.05, 0) is 46.2 Å². The molecule has 1 aliphatic rings. The molecule has 0 aromatic carbocycles. The van der Waals surface area contributed by atoms with Crippen LogP contribution >= 0.6 is 0 Å². The molecule has 20 heavy (non-hydrogen) atoms. The number of hydrogen-bond donors (Lipinski definition) is 2. The average molecular weight is 281 g/mol. The molecule has 0 unspecified atom stereocenters. The molecule has 0 aliphatic carbocycles. The van der Waals surface area contributed by atoms with Gasteiger partial charge in [-0.15, -0.1) is 0 Å². The number of aromatic nitrogens is 2. The Labute approximate surface area is 118 Å². The van der Waals surface area contributed by atoms with E-state index in [1.165, 1.54) is 0 Å². The fourth-order valence-corrected chi connectivity index (χ4v) is 2.68. The van der Waals surface area contributed by atoms with Crippen LogP contribution in [-0.4, -0.2) is 33.3 Å². The standard InChI is InChI=1S/C13H23N5O2/c1-4-9-17-12(11(18(19)20)10(2)16-17)15-13(3)5-7-14-8-6-13/h14-15H,4-9H2,1-3H3. The van der Waals surface area contributed by atoms with Gasteiger partial charge < -0.3 is 10.6 Å². The van der Waals surface area contributed by atoms with Gasteiger partial charge in [-0.1, -0.05) is 6.92 Å². The number of hydrogen-bond acceptors (Lipinski definition) is 5. The van der Waals surface area contributed by atoms with Gasteiger partial charge in [0.05, 0.1) is 4.92 Å². The first kappa shape index (κ1) is 14.8. The SMILES string of the molecule is CCCn1nc(C)c([N+](=O)[O-])c1NC1(C)CCNCC1. The van der Waals surface area contributed by atoms with Crippen LogP contribution in [0, 0.1) is 17.0 Å². The first-order valence-corrected chi connectivity index (χ1v) is 7.17. The van der Waals surface area contributed by atoms with Gasteiger partial charge in [0, 0.05) is 12.1 Å². The van der Waals surface area contributed by atoms with Gasteiger partial charge in [0.15, 0.2) is 0 Å². The number of aryl methyl sites for hydroxylation is 2. The summed E-state index contributed by atoms with van der Waals surface area (Å²) in [5, 5.41) is 22.3. The fraction of sp³-hybridized carbons (Fsp3) is 0.769. The summed E-state index contributed by atoms with van der Waals surface area (Å²) in [4.78, 5) is 11.0. The zero-order valence-electron chi connectivity index (χ0n) is 12.4. The summed E-state index contributed by atoms with van der Waals surface area (Å²) >= 11 is 0. The molecule has 2 N–H and O–H groups in total. The number of piperidine rings is 1. The molecule has 7 heteroatoms. The molecule has 0 amide bonds. The molecule has 112 valence electrons. The molecule has 1 saturated heterocycles. The van der Waals surface area contributed by atoms with E-state index in [9.17, 15) is 10.1 Å². The number of nitrogens with zero attached hydrogens (tertiary/aromatic N) is 3. The Morgan fingerprint density at radius 3 is 2.70 bits per heavy atom. The van der Waals surface area contributed by atoms with Crippen LogP contribution < -0.4 is 10.6 Å². The molecule has 0 radical (unpaired) electrons. The Bertz CT molecular complexity index is 491. The minimum atomic E-state index is -0.332. The second-order valence-corrected chi connectivity index (χ2v) is 5.70. The maximum Gasteiger partial charge on any atom is 0.333 e. The molecule has 0 atom stereocenters. The Morgan fingerprint density at radius 1 is 1.50 bits per heavy atom. The quantitative estimate of drug-likeness (QED) is 0.637. The molecule has 0 spiro atoms. The van der Waals surface area contributed by atoms with Crippen molar-refractivity contribution in [1.29, 1.82) is 0 Å². The summed E-state index contributed by atoms with van der Waals surface area (Å²) in [7, 11) is 0. The van der Waals surface area contributed by atoms with E-state index in [-0.39, 0.29) is 16.1 Å². The van der Waals surface area contributed by atoms with Crippen LogP contribution in [0.1, 0.15) is 38.8 Å². The van der Waals surface area contributed by atoms with E-state index in [1.54, 1.807) is 11.6 Å². The van der Waals surface area contributed by atoms with Gasteiger partial charge in [0.25, 0.3) is 0 Å². The van der Waals surface area contributed by atoms with Crippen LogP contribution in [0.2, 0.25) is 0 Å². The van der Waals surface area contributed by atoms with Crippen molar-refractivity contribution in [2.24, 2.45) is 0 Å². The monoisotopic (exact) mass is 281 g/mol. The van der Waals surface area contributed by atoms with Crippen molar-refractivity contribution in [3.05, 3.63) is 15.8 Å². The summed E-state index contributed by atoms with van der Waals surface area (Å²) < 4.78 is 1.74. The third-order valence-corrected chi connectivity index (χ3v) is 3.84. The van der Waals surface area contributed by atoms with Crippen LogP contribution in [0.3, 0.4) is 0 Å². The van der Waals surface area contributed by atoms with Gasteiger partial charge in [-0.2, -0.15) is 5.10 Å². The Hall–Kier alpha value is -1.63. The van der Waals surface area contributed by atoms with Crippen molar-refractivity contribution >= 4 is 11.5 Å². The summed E-state index contributed by atoms with van der Waals surface area (Å²) in [5.41, 5.74) is 0.468. The normalized spacial score (nSPS) is 17.9. The lowest BCUT2D eigenvalue weighted by atomic mass is 9.90. The molecule has 2 rings (SSSR count). The molecule has 7 nitrogen and oxygen atoms in total. The van der Waals surface area contributed by atoms with E-state index >= 15 is 0 Å². The Kier molecular flexibility index (Phi) is 4.27. The largest absolute Gasteiger partial charge is 0.359 e. The number of nitrogens with one attached hydrogen (secondary N) is 2. The second kappa shape index (κ2) is 5.78. The zero-order chi connectivity index (χ0) is 14.8. The first-order valence-electron chi connectivity index (χ1n) is 7.17. The molecule has 0 bridgehead atoms. The van der Waals surface area contributed by atoms with E-state index in [4.69, 9.17) is 0 Å². The van der Waals surface area contributed by atoms with Crippen LogP contribution in [0.15, 0.2) is 0 Å². The average Bonchev–Trinajstić information content (AvgIpc) is 2.66. The van der Waals surface area contributed by atoms with Crippen molar-refractivity contribution < 1.29 is 4.92 Å². The number of nitro groups is 1. The Morgan fingerprint density at radius 2 is 2.15 bits per heavy atom. The lowest BCUT2D eigenvalue weighted by Gasteiger charge is -2.35. The molecular weight excluding hydrogens is 258 g/mol. The summed E-state index contributed by atoms with van der Waals surface area (Å²) in [6.07, 6.45) is 2.78. The van der Waals surface area contributed by atoms with Crippen molar-refractivity contribution in [2.45, 2.75) is 52.1 Å². The molecule has 1 aromatic heterocycles. The van der Waals surface area contributed by atoms with E-state index in [1.807, 2.05) is 6.92 Å². The second-order valence-electron chi connectivity index (χ2n) is 5.70. The predicted octanol–water partition coefficient (Wildman–Crippen LogP) is 2.06. The minimum Gasteiger partial charge on any atom is -0.359 e. The highest BCUT2D eigenvalue weighted by molar-refractivity contribution is 5.60. The zero-order valence-corrected chi connectivity index (χ0v) is 12.4. The first-order chi connectivity index (χ1) is 9.47. The highest BCUT2D eigenvalue weighted by Gasteiger charge is 2.33. The molecule has 2 heterocycles. The van der Waals surface area contributed by atoms with Crippen molar-refractivity contribution in [3.8, 4) is 0 Å². The van der Waals surface area contributed by atoms with E-state index in [0.29, 0.717) is 18.1 Å². The van der Waals surface area contributed by atoms with Gasteiger partial charge >= 0.3 is 5.69 Å². The summed E-state index contributed by atoms with van der Waals surface area (Å²) in [6.45, 7) is 8.40. The van der Waals surface area contributed by atoms with Crippen LogP contribution in [0.25, 0.3) is 0 Å². The van der Waals surface area contributed by atoms with Crippen molar-refractivity contribution in [1.82, 2.24) is 15.1 Å². The van der Waals surface area contributed by atoms with Crippen molar-refractivity contribution in [3.63, 3.8) is 0 Å². The Balaban J connectivity index is 2.34. The highest BCUT2D eigenvalue weighted by atomic mass is 16.6. The van der Waals surface area contributed by atoms with Crippen LogP contribution in [0.5, 0.6) is 0 Å². The van der Waals surface area contributed by atoms with Gasteiger partial charge in [-0.3, -0.25) is 10.1 Å². The molecule has 1 aliphatic heterocycles. The molecule has 0 saturated carbocycles. The summed E-state index contributed by atoms with van der Waals surface area (Å²) in [5.74, 6) is 0.554. The fourth-order valence-electron chi connectivity index (χ4n) is 2.68. The van der Waals surface area contributed by atoms with E-state index < -0.39 is 0 Å². The number of rotatable bonds is 5. The third-order valence-electron chi connectivity index (χ3n) is 3.84. The lowest BCUT2D eigenvalue weighted by molar-refractivity contribution is -0.384. The van der Waals surface area contributed by atoms with Crippen LogP contribution in [-0.2, 0) is 6.54 Å². The summed E-state index contributed by atoms with van der Waals surface area (Å²) in [6, 6.07) is 0. The maximum absolute atomic E-state index is 11.3. The smallest absolute Gasteiger partial charge is 0.333 e. The van der Waals surface area contributed by atoms with Crippen LogP contribution in [0.4, 0.5) is 11.5 Å². The van der Waals surface area contributed by atoms with Crippen molar-refractivity contribution in [2.75, 3.05) is 18.4 Å².